The van der Waals surface area contributed by atoms with E-state index in [2.05, 4.69) is 50.9 Å². The van der Waals surface area contributed by atoms with Gasteiger partial charge in [-0.2, -0.15) is 0 Å². The van der Waals surface area contributed by atoms with Gasteiger partial charge in [0.1, 0.15) is 0 Å². The van der Waals surface area contributed by atoms with Crippen LogP contribution in [0.5, 0.6) is 0 Å². The molecule has 1 rings (SSSR count). The summed E-state index contributed by atoms with van der Waals surface area (Å²) in [5, 5.41) is 3.04. The highest BCUT2D eigenvalue weighted by Gasteiger charge is 2.18. The van der Waals surface area contributed by atoms with Crippen molar-refractivity contribution in [2.24, 2.45) is 0 Å². The Labute approximate surface area is 117 Å². The van der Waals surface area contributed by atoms with E-state index in [9.17, 15) is 4.79 Å². The minimum Gasteiger partial charge on any atom is -0.325 e. The first-order chi connectivity index (χ1) is 8.88. The fourth-order valence-electron chi connectivity index (χ4n) is 2.09. The number of nitrogens with one attached hydrogen (secondary N) is 1. The summed E-state index contributed by atoms with van der Waals surface area (Å²) in [5.41, 5.74) is 2.12. The quantitative estimate of drug-likeness (QED) is 0.883. The largest absolute Gasteiger partial charge is 0.325 e. The maximum atomic E-state index is 12.1. The summed E-state index contributed by atoms with van der Waals surface area (Å²) < 4.78 is 0. The van der Waals surface area contributed by atoms with Crippen molar-refractivity contribution in [2.45, 2.75) is 40.0 Å². The highest BCUT2D eigenvalue weighted by molar-refractivity contribution is 5.93. The summed E-state index contributed by atoms with van der Waals surface area (Å²) in [5.74, 6) is 0.0559. The van der Waals surface area contributed by atoms with Crippen molar-refractivity contribution in [3.63, 3.8) is 0 Å². The molecule has 0 unspecified atom stereocenters. The van der Waals surface area contributed by atoms with Crippen LogP contribution in [0.1, 0.15) is 40.2 Å². The molecule has 0 atom stereocenters. The van der Waals surface area contributed by atoms with Gasteiger partial charge in [0.15, 0.2) is 0 Å². The number of hydrogen-bond acceptors (Lipinski definition) is 2. The zero-order valence-corrected chi connectivity index (χ0v) is 12.8. The molecule has 0 aromatic heterocycles. The van der Waals surface area contributed by atoms with Gasteiger partial charge in [-0.1, -0.05) is 52.8 Å². The molecule has 3 heteroatoms. The van der Waals surface area contributed by atoms with Gasteiger partial charge in [-0.15, -0.1) is 0 Å². The highest BCUT2D eigenvalue weighted by Crippen LogP contribution is 2.29. The molecule has 3 nitrogen and oxygen atoms in total. The smallest absolute Gasteiger partial charge is 0.238 e. The molecule has 1 N–H and O–H groups in total. The summed E-state index contributed by atoms with van der Waals surface area (Å²) in [6.07, 6.45) is 0. The highest BCUT2D eigenvalue weighted by atomic mass is 16.2. The molecule has 1 aromatic rings. The second-order valence-corrected chi connectivity index (χ2v) is 5.81. The molecule has 106 valence electrons. The number of anilines is 1. The molecule has 0 aliphatic carbocycles. The standard InChI is InChI=1S/C16H26N2O/c1-6-18(7-2)12-15(19)17-14-11-9-8-10-13(14)16(3,4)5/h8-11H,6-7,12H2,1-5H3,(H,17,19). The maximum Gasteiger partial charge on any atom is 0.238 e. The topological polar surface area (TPSA) is 32.3 Å². The lowest BCUT2D eigenvalue weighted by Gasteiger charge is -2.24. The van der Waals surface area contributed by atoms with E-state index in [0.717, 1.165) is 18.8 Å². The Kier molecular flexibility index (Phi) is 5.55. The predicted octanol–water partition coefficient (Wildman–Crippen LogP) is 3.26. The van der Waals surface area contributed by atoms with E-state index in [-0.39, 0.29) is 11.3 Å². The Morgan fingerprint density at radius 3 is 2.26 bits per heavy atom. The SMILES string of the molecule is CCN(CC)CC(=O)Nc1ccccc1C(C)(C)C. The normalized spacial score (nSPS) is 11.7. The number of carbonyl (C=O) groups excluding carboxylic acids is 1. The van der Waals surface area contributed by atoms with Crippen LogP contribution in [-0.2, 0) is 10.2 Å². The van der Waals surface area contributed by atoms with Gasteiger partial charge in [0.05, 0.1) is 6.54 Å². The zero-order chi connectivity index (χ0) is 14.5. The third kappa shape index (κ3) is 4.67. The molecule has 0 radical (unpaired) electrons. The molecule has 0 saturated carbocycles. The Bertz CT molecular complexity index is 417. The Hall–Kier alpha value is -1.35. The minimum absolute atomic E-state index is 0.0269. The summed E-state index contributed by atoms with van der Waals surface area (Å²) in [7, 11) is 0. The van der Waals surface area contributed by atoms with Crippen molar-refractivity contribution >= 4 is 11.6 Å². The summed E-state index contributed by atoms with van der Waals surface area (Å²) in [6.45, 7) is 12.8. The fraction of sp³-hybridized carbons (Fsp3) is 0.562. The minimum atomic E-state index is 0.0269. The molecule has 0 aliphatic rings. The third-order valence-corrected chi connectivity index (χ3v) is 3.27. The molecule has 0 spiro atoms. The number of likely N-dealkylation sites (N-methyl/N-ethyl adjacent to an activating group) is 1. The molecule has 0 heterocycles. The van der Waals surface area contributed by atoms with Gasteiger partial charge in [0, 0.05) is 5.69 Å². The van der Waals surface area contributed by atoms with Crippen molar-refractivity contribution in [1.82, 2.24) is 4.90 Å². The first-order valence-electron chi connectivity index (χ1n) is 7.00. The average Bonchev–Trinajstić information content (AvgIpc) is 2.35. The van der Waals surface area contributed by atoms with E-state index in [0.29, 0.717) is 6.54 Å². The van der Waals surface area contributed by atoms with Crippen LogP contribution in [0.2, 0.25) is 0 Å². The van der Waals surface area contributed by atoms with Crippen LogP contribution in [0.15, 0.2) is 24.3 Å². The van der Waals surface area contributed by atoms with Crippen LogP contribution < -0.4 is 5.32 Å². The van der Waals surface area contributed by atoms with Gasteiger partial charge in [-0.05, 0) is 30.1 Å². The van der Waals surface area contributed by atoms with Gasteiger partial charge in [0.25, 0.3) is 0 Å². The number of nitrogens with zero attached hydrogens (tertiary/aromatic N) is 1. The van der Waals surface area contributed by atoms with E-state index < -0.39 is 0 Å². The van der Waals surface area contributed by atoms with Crippen LogP contribution in [-0.4, -0.2) is 30.4 Å². The first-order valence-corrected chi connectivity index (χ1v) is 7.00. The number of rotatable bonds is 5. The number of benzene rings is 1. The van der Waals surface area contributed by atoms with E-state index in [1.54, 1.807) is 0 Å². The molecule has 0 bridgehead atoms. The van der Waals surface area contributed by atoms with Crippen molar-refractivity contribution in [3.8, 4) is 0 Å². The number of hydrogen-bond donors (Lipinski definition) is 1. The number of amides is 1. The van der Waals surface area contributed by atoms with Crippen molar-refractivity contribution in [2.75, 3.05) is 25.0 Å². The molecule has 1 aromatic carbocycles. The predicted molar refractivity (Wildman–Crippen MR) is 81.6 cm³/mol. The lowest BCUT2D eigenvalue weighted by molar-refractivity contribution is -0.117. The van der Waals surface area contributed by atoms with Crippen LogP contribution >= 0.6 is 0 Å². The second kappa shape index (κ2) is 6.71. The summed E-state index contributed by atoms with van der Waals surface area (Å²) in [6, 6.07) is 8.02. The van der Waals surface area contributed by atoms with Gasteiger partial charge >= 0.3 is 0 Å². The number of carbonyl (C=O) groups is 1. The van der Waals surface area contributed by atoms with Crippen molar-refractivity contribution in [3.05, 3.63) is 29.8 Å². The van der Waals surface area contributed by atoms with Crippen LogP contribution in [0, 0.1) is 0 Å². The maximum absolute atomic E-state index is 12.1. The van der Waals surface area contributed by atoms with E-state index in [1.165, 1.54) is 5.56 Å². The van der Waals surface area contributed by atoms with E-state index >= 15 is 0 Å². The van der Waals surface area contributed by atoms with Gasteiger partial charge < -0.3 is 5.32 Å². The summed E-state index contributed by atoms with van der Waals surface area (Å²) >= 11 is 0. The monoisotopic (exact) mass is 262 g/mol. The zero-order valence-electron chi connectivity index (χ0n) is 12.8. The summed E-state index contributed by atoms with van der Waals surface area (Å²) in [4.78, 5) is 14.2. The fourth-order valence-corrected chi connectivity index (χ4v) is 2.09. The van der Waals surface area contributed by atoms with Gasteiger partial charge in [-0.3, -0.25) is 9.69 Å². The van der Waals surface area contributed by atoms with Gasteiger partial charge in [0.2, 0.25) is 5.91 Å². The molecule has 0 aliphatic heterocycles. The van der Waals surface area contributed by atoms with Crippen LogP contribution in [0.25, 0.3) is 0 Å². The molecule has 1 amide bonds. The second-order valence-electron chi connectivity index (χ2n) is 5.81. The molecular formula is C16H26N2O. The van der Waals surface area contributed by atoms with Crippen LogP contribution in [0.4, 0.5) is 5.69 Å². The molecule has 19 heavy (non-hydrogen) atoms. The van der Waals surface area contributed by atoms with Crippen molar-refractivity contribution in [1.29, 1.82) is 0 Å². The lowest BCUT2D eigenvalue weighted by Crippen LogP contribution is -2.33. The Balaban J connectivity index is 2.80. The number of para-hydroxylation sites is 1. The van der Waals surface area contributed by atoms with E-state index in [4.69, 9.17) is 0 Å². The van der Waals surface area contributed by atoms with Crippen LogP contribution in [0.3, 0.4) is 0 Å². The Morgan fingerprint density at radius 1 is 1.16 bits per heavy atom. The van der Waals surface area contributed by atoms with E-state index in [1.807, 2.05) is 18.2 Å². The van der Waals surface area contributed by atoms with Crippen molar-refractivity contribution < 1.29 is 4.79 Å². The molecular weight excluding hydrogens is 236 g/mol. The molecule has 0 fully saturated rings. The van der Waals surface area contributed by atoms with Gasteiger partial charge in [-0.25, -0.2) is 0 Å². The average molecular weight is 262 g/mol. The lowest BCUT2D eigenvalue weighted by atomic mass is 9.86. The molecule has 0 saturated heterocycles. The third-order valence-electron chi connectivity index (χ3n) is 3.27. The Morgan fingerprint density at radius 2 is 1.74 bits per heavy atom. The first kappa shape index (κ1) is 15.7.